The van der Waals surface area contributed by atoms with E-state index in [0.29, 0.717) is 19.5 Å². The molecule has 148 valence electrons. The van der Waals surface area contributed by atoms with Gasteiger partial charge < -0.3 is 10.2 Å². The molecule has 0 bridgehead atoms. The van der Waals surface area contributed by atoms with Gasteiger partial charge in [0, 0.05) is 37.8 Å². The van der Waals surface area contributed by atoms with Crippen molar-refractivity contribution in [1.29, 1.82) is 0 Å². The number of carbonyl (C=O) groups is 1. The average Bonchev–Trinajstić information content (AvgIpc) is 2.72. The highest BCUT2D eigenvalue weighted by molar-refractivity contribution is 5.81. The highest BCUT2D eigenvalue weighted by Gasteiger charge is 2.16. The maximum absolute atomic E-state index is 12.2. The van der Waals surface area contributed by atoms with Crippen molar-refractivity contribution in [2.45, 2.75) is 25.7 Å². The van der Waals surface area contributed by atoms with Crippen LogP contribution in [-0.2, 0) is 4.79 Å². The fourth-order valence-electron chi connectivity index (χ4n) is 2.68. The van der Waals surface area contributed by atoms with Crippen molar-refractivity contribution in [3.8, 4) is 0 Å². The quantitative estimate of drug-likeness (QED) is 0.269. The van der Waals surface area contributed by atoms with E-state index in [2.05, 4.69) is 25.6 Å². The molecule has 1 N–H and O–H groups in total. The fraction of sp³-hybridized carbons (Fsp3) is 0.450. The number of azide groups is 1. The molecule has 1 aliphatic carbocycles. The first-order chi connectivity index (χ1) is 13.6. The van der Waals surface area contributed by atoms with E-state index < -0.39 is 0 Å². The van der Waals surface area contributed by atoms with Crippen molar-refractivity contribution in [2.75, 3.05) is 32.1 Å². The molecule has 1 unspecified atom stereocenters. The van der Waals surface area contributed by atoms with Crippen LogP contribution in [0.1, 0.15) is 25.7 Å². The lowest BCUT2D eigenvalue weighted by molar-refractivity contribution is -0.123. The molecule has 0 radical (unpaired) electrons. The largest absolute Gasteiger partial charge is 0.378 e. The predicted octanol–water partition coefficient (Wildman–Crippen LogP) is 4.89. The summed E-state index contributed by atoms with van der Waals surface area (Å²) in [5.74, 6) is -0.140. The number of hydrogen-bond donors (Lipinski definition) is 1. The smallest absolute Gasteiger partial charge is 0.227 e. The van der Waals surface area contributed by atoms with Gasteiger partial charge in [-0.3, -0.25) is 4.79 Å². The second-order valence-electron chi connectivity index (χ2n) is 6.75. The van der Waals surface area contributed by atoms with Crippen molar-refractivity contribution in [3.05, 3.63) is 58.6 Å². The first-order valence-electron chi connectivity index (χ1n) is 9.46. The normalized spacial score (nSPS) is 15.8. The zero-order valence-electron chi connectivity index (χ0n) is 16.5. The number of azo groups is 1. The second kappa shape index (κ2) is 11.6. The third-order valence-corrected chi connectivity index (χ3v) is 4.36. The summed E-state index contributed by atoms with van der Waals surface area (Å²) in [4.78, 5) is 16.9. The van der Waals surface area contributed by atoms with E-state index in [4.69, 9.17) is 5.53 Å². The molecule has 0 heterocycles. The zero-order chi connectivity index (χ0) is 20.2. The van der Waals surface area contributed by atoms with E-state index in [1.54, 1.807) is 0 Å². The molecule has 1 amide bonds. The van der Waals surface area contributed by atoms with Gasteiger partial charge in [0.05, 0.1) is 17.3 Å². The molecule has 1 aliphatic rings. The molecule has 0 aliphatic heterocycles. The Morgan fingerprint density at radius 1 is 1.21 bits per heavy atom. The lowest BCUT2D eigenvalue weighted by atomic mass is 9.98. The Bertz CT molecular complexity index is 774. The summed E-state index contributed by atoms with van der Waals surface area (Å²) >= 11 is 0. The third kappa shape index (κ3) is 7.25. The van der Waals surface area contributed by atoms with Crippen LogP contribution in [0.15, 0.2) is 63.5 Å². The molecule has 1 aromatic carbocycles. The first kappa shape index (κ1) is 21.2. The summed E-state index contributed by atoms with van der Waals surface area (Å²) in [5.41, 5.74) is 10.9. The third-order valence-electron chi connectivity index (χ3n) is 4.36. The van der Waals surface area contributed by atoms with Crippen LogP contribution >= 0.6 is 0 Å². The van der Waals surface area contributed by atoms with Crippen LogP contribution in [-0.4, -0.2) is 33.1 Å². The Labute approximate surface area is 165 Å². The molecule has 8 nitrogen and oxygen atoms in total. The minimum Gasteiger partial charge on any atom is -0.378 e. The number of benzene rings is 1. The molecule has 1 aromatic rings. The van der Waals surface area contributed by atoms with E-state index >= 15 is 0 Å². The molecule has 8 heteroatoms. The molecule has 0 fully saturated rings. The zero-order valence-corrected chi connectivity index (χ0v) is 16.5. The number of hydrogen-bond acceptors (Lipinski definition) is 5. The van der Waals surface area contributed by atoms with Crippen molar-refractivity contribution >= 4 is 17.3 Å². The summed E-state index contributed by atoms with van der Waals surface area (Å²) in [7, 11) is 3.99. The lowest BCUT2D eigenvalue weighted by Gasteiger charge is -2.14. The minimum absolute atomic E-state index is 0.0257. The van der Waals surface area contributed by atoms with Gasteiger partial charge in [-0.1, -0.05) is 23.7 Å². The van der Waals surface area contributed by atoms with Crippen molar-refractivity contribution < 1.29 is 4.79 Å². The van der Waals surface area contributed by atoms with Crippen molar-refractivity contribution in [1.82, 2.24) is 5.32 Å². The number of amides is 1. The molecule has 28 heavy (non-hydrogen) atoms. The van der Waals surface area contributed by atoms with Gasteiger partial charge >= 0.3 is 0 Å². The van der Waals surface area contributed by atoms with Crippen LogP contribution in [0.25, 0.3) is 10.4 Å². The number of nitrogens with zero attached hydrogens (tertiary/aromatic N) is 6. The molecule has 0 saturated carbocycles. The summed E-state index contributed by atoms with van der Waals surface area (Å²) in [5, 5.41) is 14.9. The van der Waals surface area contributed by atoms with E-state index in [9.17, 15) is 4.79 Å². The highest BCUT2D eigenvalue weighted by atomic mass is 16.1. The topological polar surface area (TPSA) is 106 Å². The molecule has 0 saturated heterocycles. The first-order valence-corrected chi connectivity index (χ1v) is 9.46. The van der Waals surface area contributed by atoms with E-state index in [-0.39, 0.29) is 11.8 Å². The predicted molar refractivity (Wildman–Crippen MR) is 111 cm³/mol. The number of carbonyl (C=O) groups excluding carboxylic acids is 1. The molecule has 0 aromatic heterocycles. The standard InChI is InChI=1S/C20H27N7O/c1-27(2)19-12-10-18(11-13-19)25-24-17-8-6-16(7-9-17)20(28)22-14-4-3-5-15-23-26-21/h6,8-13,16H,3-5,7,14-15H2,1-2H3,(H,22,28). The van der Waals surface area contributed by atoms with Crippen LogP contribution in [0.3, 0.4) is 0 Å². The van der Waals surface area contributed by atoms with Gasteiger partial charge in [-0.05, 0) is 55.1 Å². The second-order valence-corrected chi connectivity index (χ2v) is 6.75. The lowest BCUT2D eigenvalue weighted by Crippen LogP contribution is -2.30. The van der Waals surface area contributed by atoms with Crippen LogP contribution in [0.2, 0.25) is 0 Å². The Hall–Kier alpha value is -3.12. The number of nitrogens with one attached hydrogen (secondary N) is 1. The van der Waals surface area contributed by atoms with Crippen LogP contribution < -0.4 is 10.2 Å². The molecular weight excluding hydrogens is 354 g/mol. The maximum atomic E-state index is 12.2. The fourth-order valence-corrected chi connectivity index (χ4v) is 2.68. The number of allylic oxidation sites excluding steroid dienone is 2. The molecule has 0 spiro atoms. The van der Waals surface area contributed by atoms with Gasteiger partial charge in [0.25, 0.3) is 0 Å². The summed E-state index contributed by atoms with van der Waals surface area (Å²) in [6.45, 7) is 1.15. The average molecular weight is 381 g/mol. The van der Waals surface area contributed by atoms with Gasteiger partial charge in [0.2, 0.25) is 5.91 Å². The summed E-state index contributed by atoms with van der Waals surface area (Å²) < 4.78 is 0. The van der Waals surface area contributed by atoms with Gasteiger partial charge in [-0.15, -0.1) is 0 Å². The van der Waals surface area contributed by atoms with Crippen LogP contribution in [0.5, 0.6) is 0 Å². The van der Waals surface area contributed by atoms with Crippen LogP contribution in [0, 0.1) is 5.92 Å². The Kier molecular flexibility index (Phi) is 8.75. The number of unbranched alkanes of at least 4 members (excludes halogenated alkanes) is 2. The Morgan fingerprint density at radius 3 is 2.64 bits per heavy atom. The number of anilines is 1. The minimum atomic E-state index is -0.165. The molecule has 2 rings (SSSR count). The molecule has 1 atom stereocenters. The van der Waals surface area contributed by atoms with E-state index in [1.807, 2.05) is 61.5 Å². The SMILES string of the molecule is CN(C)c1ccc(N=NC2=CCC(C(=O)NCCCCCN=[N+]=[N-])C=C2)cc1. The Morgan fingerprint density at radius 2 is 2.00 bits per heavy atom. The Balaban J connectivity index is 1.72. The van der Waals surface area contributed by atoms with Crippen molar-refractivity contribution in [3.63, 3.8) is 0 Å². The highest BCUT2D eigenvalue weighted by Crippen LogP contribution is 2.22. The van der Waals surface area contributed by atoms with Gasteiger partial charge in [-0.2, -0.15) is 10.2 Å². The van der Waals surface area contributed by atoms with Gasteiger partial charge in [0.15, 0.2) is 0 Å². The summed E-state index contributed by atoms with van der Waals surface area (Å²) in [6, 6.07) is 7.84. The van der Waals surface area contributed by atoms with E-state index in [1.165, 1.54) is 0 Å². The van der Waals surface area contributed by atoms with Gasteiger partial charge in [-0.25, -0.2) is 0 Å². The van der Waals surface area contributed by atoms with Crippen molar-refractivity contribution in [2.24, 2.45) is 21.3 Å². The number of rotatable bonds is 10. The maximum Gasteiger partial charge on any atom is 0.227 e. The van der Waals surface area contributed by atoms with Crippen LogP contribution in [0.4, 0.5) is 11.4 Å². The monoisotopic (exact) mass is 381 g/mol. The molecular formula is C20H27N7O. The van der Waals surface area contributed by atoms with E-state index in [0.717, 1.165) is 36.3 Å². The summed E-state index contributed by atoms with van der Waals surface area (Å²) in [6.07, 6.45) is 8.92. The van der Waals surface area contributed by atoms with Gasteiger partial charge in [0.1, 0.15) is 0 Å².